The third-order valence-corrected chi connectivity index (χ3v) is 16.9. The highest BCUT2D eigenvalue weighted by atomic mass is 16.5. The van der Waals surface area contributed by atoms with E-state index >= 15 is 0 Å². The normalized spacial score (nSPS) is 22.0. The summed E-state index contributed by atoms with van der Waals surface area (Å²) in [6.07, 6.45) is 18.0. The lowest BCUT2D eigenvalue weighted by Crippen LogP contribution is -2.43. The number of nitrogens with zero attached hydrogens (tertiary/aromatic N) is 12. The van der Waals surface area contributed by atoms with Crippen molar-refractivity contribution in [3.8, 4) is 22.3 Å². The Labute approximate surface area is 415 Å². The van der Waals surface area contributed by atoms with Crippen molar-refractivity contribution in [3.05, 3.63) is 95.3 Å². The third kappa shape index (κ3) is 8.33. The number of ether oxygens (including phenoxy) is 1. The van der Waals surface area contributed by atoms with E-state index in [4.69, 9.17) is 19.8 Å². The van der Waals surface area contributed by atoms with Gasteiger partial charge in [0.2, 0.25) is 11.8 Å². The van der Waals surface area contributed by atoms with Gasteiger partial charge in [-0.05, 0) is 122 Å². The Morgan fingerprint density at radius 2 is 1.28 bits per heavy atom. The number of imidazole rings is 2. The Hall–Kier alpha value is -6.26. The molecule has 9 heterocycles. The van der Waals surface area contributed by atoms with E-state index in [1.165, 1.54) is 71.1 Å². The highest BCUT2D eigenvalue weighted by Gasteiger charge is 2.42. The van der Waals surface area contributed by atoms with Gasteiger partial charge >= 0.3 is 0 Å². The van der Waals surface area contributed by atoms with Gasteiger partial charge < -0.3 is 38.6 Å². The van der Waals surface area contributed by atoms with Crippen molar-refractivity contribution in [1.29, 1.82) is 0 Å². The van der Waals surface area contributed by atoms with Crippen LogP contribution in [0.2, 0.25) is 0 Å². The Morgan fingerprint density at radius 1 is 0.690 bits per heavy atom. The number of aromatic nitrogens is 8. The molecule has 0 radical (unpaired) electrons. The second-order valence-corrected chi connectivity index (χ2v) is 21.5. The van der Waals surface area contributed by atoms with Crippen LogP contribution in [0.15, 0.2) is 61.2 Å². The second-order valence-electron chi connectivity index (χ2n) is 21.5. The molecular formula is C55H66N12O4. The molecule has 6 aromatic rings. The van der Waals surface area contributed by atoms with Gasteiger partial charge in [-0.3, -0.25) is 19.0 Å². The first-order chi connectivity index (χ1) is 34.7. The van der Waals surface area contributed by atoms with Crippen LogP contribution in [0.1, 0.15) is 105 Å². The quantitative estimate of drug-likeness (QED) is 0.132. The Balaban J connectivity index is 0.756. The Bertz CT molecular complexity index is 3010. The summed E-state index contributed by atoms with van der Waals surface area (Å²) in [7, 11) is 0. The van der Waals surface area contributed by atoms with Gasteiger partial charge in [0, 0.05) is 120 Å². The van der Waals surface area contributed by atoms with Crippen LogP contribution in [0.4, 0.5) is 23.0 Å². The third-order valence-electron chi connectivity index (χ3n) is 16.9. The summed E-state index contributed by atoms with van der Waals surface area (Å²) in [6.45, 7) is 12.2. The van der Waals surface area contributed by atoms with Gasteiger partial charge in [0.05, 0.1) is 50.0 Å². The first-order valence-electron chi connectivity index (χ1n) is 26.5. The number of rotatable bonds is 12. The van der Waals surface area contributed by atoms with Gasteiger partial charge in [-0.25, -0.2) is 9.97 Å². The lowest BCUT2D eigenvalue weighted by atomic mass is 9.73. The van der Waals surface area contributed by atoms with Crippen LogP contribution >= 0.6 is 0 Å². The highest BCUT2D eigenvalue weighted by Crippen LogP contribution is 2.48. The van der Waals surface area contributed by atoms with Crippen molar-refractivity contribution in [3.63, 3.8) is 0 Å². The second kappa shape index (κ2) is 18.1. The lowest BCUT2D eigenvalue weighted by Gasteiger charge is -2.43. The van der Waals surface area contributed by atoms with Crippen LogP contribution in [-0.4, -0.2) is 111 Å². The first kappa shape index (κ1) is 44.7. The maximum Gasteiger partial charge on any atom is 0.219 e. The summed E-state index contributed by atoms with van der Waals surface area (Å²) < 4.78 is 15.2. The van der Waals surface area contributed by atoms with E-state index in [2.05, 4.69) is 71.3 Å². The van der Waals surface area contributed by atoms with Crippen molar-refractivity contribution in [2.45, 2.75) is 123 Å². The van der Waals surface area contributed by atoms with E-state index in [1.807, 2.05) is 28.4 Å². The zero-order valence-electron chi connectivity index (χ0n) is 41.3. The molecular weight excluding hydrogens is 893 g/mol. The fraction of sp³-hybridized carbons (Fsp3) is 0.527. The van der Waals surface area contributed by atoms with E-state index in [9.17, 15) is 14.7 Å². The number of anilines is 4. The number of hydrogen-bond acceptors (Lipinski definition) is 10. The summed E-state index contributed by atoms with van der Waals surface area (Å²) >= 11 is 0. The number of carbonyl (C=O) groups is 2. The molecule has 4 aromatic heterocycles. The van der Waals surface area contributed by atoms with E-state index in [1.54, 1.807) is 18.5 Å². The minimum Gasteiger partial charge on any atom is -0.394 e. The van der Waals surface area contributed by atoms with Gasteiger partial charge in [-0.15, -0.1) is 0 Å². The molecule has 2 saturated carbocycles. The molecule has 2 aliphatic carbocycles. The molecule has 0 bridgehead atoms. The van der Waals surface area contributed by atoms with Crippen molar-refractivity contribution in [2.75, 3.05) is 55.8 Å². The maximum atomic E-state index is 12.8. The standard InChI is InChI=1S/C55H66N12O4/c1-35(69)60-17-19-65-50(32-60)54(58-52(65)38-5-6-38)64-15-3-4-42-24-40(9-11-48(42)64)45-27-56-62(29-45)16-13-37-14-23-71-34-47(37)44-26-43-25-41(46-28-57-63(30-46)21-22-68)10-12-49(43)67(31-44)55-51-33-61(36(2)70)18-20-66(51)53(59-55)39-7-8-39/h9-12,24-25,27-30,37-39,44,47,68H,3-8,13-23,26,31-34H2,1-2H3. The van der Waals surface area contributed by atoms with Crippen LogP contribution in [0, 0.1) is 17.8 Å². The zero-order chi connectivity index (χ0) is 47.9. The van der Waals surface area contributed by atoms with Crippen LogP contribution in [0.5, 0.6) is 0 Å². The molecule has 2 amide bonds. The van der Waals surface area contributed by atoms with E-state index in [-0.39, 0.29) is 18.4 Å². The fourth-order valence-electron chi connectivity index (χ4n) is 12.7. The molecule has 3 atom stereocenters. The predicted octanol–water partition coefficient (Wildman–Crippen LogP) is 7.42. The number of fused-ring (bicyclic) bond motifs is 4. The minimum absolute atomic E-state index is 0.0435. The number of benzene rings is 2. The van der Waals surface area contributed by atoms with Crippen LogP contribution in [0.3, 0.4) is 0 Å². The van der Waals surface area contributed by atoms with Crippen LogP contribution < -0.4 is 9.80 Å². The summed E-state index contributed by atoms with van der Waals surface area (Å²) in [4.78, 5) is 45.0. The number of carbonyl (C=O) groups excluding carboxylic acids is 2. The molecule has 370 valence electrons. The van der Waals surface area contributed by atoms with Crippen molar-refractivity contribution < 1.29 is 19.4 Å². The molecule has 5 aliphatic heterocycles. The number of aryl methyl sites for hydroxylation is 2. The van der Waals surface area contributed by atoms with Gasteiger partial charge in [0.25, 0.3) is 0 Å². The van der Waals surface area contributed by atoms with Gasteiger partial charge in [-0.2, -0.15) is 10.2 Å². The minimum atomic E-state index is 0.0435. The molecule has 2 aromatic carbocycles. The topological polar surface area (TPSA) is 148 Å². The monoisotopic (exact) mass is 959 g/mol. The molecule has 3 unspecified atom stereocenters. The van der Waals surface area contributed by atoms with Crippen LogP contribution in [0.25, 0.3) is 22.3 Å². The van der Waals surface area contributed by atoms with Crippen molar-refractivity contribution >= 4 is 34.8 Å². The average molecular weight is 959 g/mol. The Morgan fingerprint density at radius 3 is 1.89 bits per heavy atom. The van der Waals surface area contributed by atoms with E-state index < -0.39 is 0 Å². The number of aliphatic hydroxyl groups excluding tert-OH is 1. The van der Waals surface area contributed by atoms with Crippen LogP contribution in [-0.2, 0) is 66.4 Å². The molecule has 13 rings (SSSR count). The van der Waals surface area contributed by atoms with Gasteiger partial charge in [-0.1, -0.05) is 12.1 Å². The highest BCUT2D eigenvalue weighted by molar-refractivity contribution is 5.77. The number of amides is 2. The smallest absolute Gasteiger partial charge is 0.219 e. The molecule has 1 N–H and O–H groups in total. The van der Waals surface area contributed by atoms with Gasteiger partial charge in [0.15, 0.2) is 11.6 Å². The molecule has 3 fully saturated rings. The summed E-state index contributed by atoms with van der Waals surface area (Å²) in [5.41, 5.74) is 11.9. The fourth-order valence-corrected chi connectivity index (χ4v) is 12.7. The Kier molecular flexibility index (Phi) is 11.4. The lowest BCUT2D eigenvalue weighted by molar-refractivity contribution is -0.131. The van der Waals surface area contributed by atoms with Crippen molar-refractivity contribution in [1.82, 2.24) is 48.5 Å². The van der Waals surface area contributed by atoms with Crippen molar-refractivity contribution in [2.24, 2.45) is 17.8 Å². The first-order valence-corrected chi connectivity index (χ1v) is 26.5. The summed E-state index contributed by atoms with van der Waals surface area (Å²) in [6, 6.07) is 13.7. The average Bonchev–Trinajstić information content (AvgIpc) is 4.23. The number of aliphatic hydroxyl groups is 1. The molecule has 1 saturated heterocycles. The number of hydrogen-bond donors (Lipinski definition) is 1. The predicted molar refractivity (Wildman–Crippen MR) is 270 cm³/mol. The SMILES string of the molecule is CC(=O)N1CCn2c(C3CC3)nc(N3CCCc4cc(-c5cnn(CCC6CCOCC6C6Cc7cc(-c8cnn(CCO)c8)ccc7N(c7nc(C8CC8)n8c7CN(C(C)=O)CC8)C6)c5)ccc43)c2C1. The molecule has 7 aliphatic rings. The molecule has 16 nitrogen and oxygen atoms in total. The van der Waals surface area contributed by atoms with E-state index in [0.717, 1.165) is 119 Å². The maximum absolute atomic E-state index is 12.8. The van der Waals surface area contributed by atoms with E-state index in [0.29, 0.717) is 55.8 Å². The molecule has 16 heteroatoms. The van der Waals surface area contributed by atoms with Gasteiger partial charge in [0.1, 0.15) is 11.6 Å². The largest absolute Gasteiger partial charge is 0.394 e. The molecule has 0 spiro atoms. The summed E-state index contributed by atoms with van der Waals surface area (Å²) in [5.74, 6) is 6.81. The zero-order valence-corrected chi connectivity index (χ0v) is 41.3. The summed E-state index contributed by atoms with van der Waals surface area (Å²) in [5, 5.41) is 19.1. The molecule has 71 heavy (non-hydrogen) atoms.